The summed E-state index contributed by atoms with van der Waals surface area (Å²) in [5.74, 6) is 1.81. The van der Waals surface area contributed by atoms with E-state index < -0.39 is 0 Å². The number of anilines is 1. The summed E-state index contributed by atoms with van der Waals surface area (Å²) in [6, 6.07) is 11.5. The molecule has 29 heavy (non-hydrogen) atoms. The number of fused-ring (bicyclic) bond motifs is 3. The Morgan fingerprint density at radius 3 is 2.72 bits per heavy atom. The van der Waals surface area contributed by atoms with E-state index in [9.17, 15) is 4.79 Å². The zero-order chi connectivity index (χ0) is 20.5. The highest BCUT2D eigenvalue weighted by atomic mass is 32.2. The van der Waals surface area contributed by atoms with Gasteiger partial charge in [-0.25, -0.2) is 0 Å². The zero-order valence-corrected chi connectivity index (χ0v) is 17.5. The number of hydrogen-bond donors (Lipinski definition) is 1. The van der Waals surface area contributed by atoms with Gasteiger partial charge >= 0.3 is 0 Å². The van der Waals surface area contributed by atoms with Crippen LogP contribution in [0.4, 0.5) is 5.69 Å². The van der Waals surface area contributed by atoms with Crippen molar-refractivity contribution in [3.05, 3.63) is 42.2 Å². The molecule has 1 amide bonds. The summed E-state index contributed by atoms with van der Waals surface area (Å²) in [7, 11) is 3.49. The van der Waals surface area contributed by atoms with Gasteiger partial charge < -0.3 is 19.0 Å². The molecule has 0 atom stereocenters. The summed E-state index contributed by atoms with van der Waals surface area (Å²) in [6.45, 7) is 4.12. The summed E-state index contributed by atoms with van der Waals surface area (Å²) < 4.78 is 13.3. The third-order valence-corrected chi connectivity index (χ3v) is 5.71. The molecule has 2 heterocycles. The van der Waals surface area contributed by atoms with Crippen molar-refractivity contribution in [1.82, 2.24) is 14.8 Å². The lowest BCUT2D eigenvalue weighted by atomic mass is 10.1. The predicted octanol–water partition coefficient (Wildman–Crippen LogP) is 4.58. The number of amides is 1. The highest BCUT2D eigenvalue weighted by Gasteiger charge is 2.16. The number of rotatable bonds is 6. The first kappa shape index (κ1) is 19.3. The number of nitrogens with one attached hydrogen (secondary N) is 1. The third-order valence-electron chi connectivity index (χ3n) is 4.69. The van der Waals surface area contributed by atoms with Crippen molar-refractivity contribution in [2.24, 2.45) is 7.05 Å². The normalized spacial score (nSPS) is 11.5. The lowest BCUT2D eigenvalue weighted by Gasteiger charge is -2.10. The molecule has 4 rings (SSSR count). The van der Waals surface area contributed by atoms with Gasteiger partial charge in [0.1, 0.15) is 22.7 Å². The molecule has 0 aliphatic heterocycles. The van der Waals surface area contributed by atoms with Gasteiger partial charge in [0.2, 0.25) is 5.91 Å². The second kappa shape index (κ2) is 7.79. The van der Waals surface area contributed by atoms with Crippen LogP contribution < -0.4 is 10.1 Å². The van der Waals surface area contributed by atoms with Crippen LogP contribution >= 0.6 is 11.8 Å². The molecule has 7 nitrogen and oxygen atoms in total. The number of ether oxygens (including phenoxy) is 1. The predicted molar refractivity (Wildman–Crippen MR) is 115 cm³/mol. The minimum absolute atomic E-state index is 0.155. The van der Waals surface area contributed by atoms with Gasteiger partial charge in [0.15, 0.2) is 5.16 Å². The number of hydrogen-bond acceptors (Lipinski definition) is 6. The Labute approximate surface area is 172 Å². The van der Waals surface area contributed by atoms with E-state index in [1.165, 1.54) is 11.8 Å². The molecule has 8 heteroatoms. The van der Waals surface area contributed by atoms with E-state index in [0.29, 0.717) is 22.2 Å². The molecule has 0 aliphatic carbocycles. The maximum Gasteiger partial charge on any atom is 0.234 e. The van der Waals surface area contributed by atoms with Gasteiger partial charge in [-0.3, -0.25) is 4.79 Å². The van der Waals surface area contributed by atoms with E-state index in [-0.39, 0.29) is 17.6 Å². The van der Waals surface area contributed by atoms with Crippen LogP contribution in [0.1, 0.15) is 25.6 Å². The number of furan rings is 1. The number of carbonyl (C=O) groups is 1. The van der Waals surface area contributed by atoms with Crippen molar-refractivity contribution in [3.8, 4) is 5.75 Å². The number of nitrogens with zero attached hydrogens (tertiary/aromatic N) is 3. The third kappa shape index (κ3) is 3.67. The summed E-state index contributed by atoms with van der Waals surface area (Å²) in [6.07, 6.45) is 0. The average Bonchev–Trinajstić information content (AvgIpc) is 3.25. The Morgan fingerprint density at radius 2 is 2.00 bits per heavy atom. The van der Waals surface area contributed by atoms with E-state index in [2.05, 4.69) is 29.4 Å². The van der Waals surface area contributed by atoms with Crippen molar-refractivity contribution in [3.63, 3.8) is 0 Å². The van der Waals surface area contributed by atoms with E-state index in [1.54, 1.807) is 13.2 Å². The molecule has 0 bridgehead atoms. The van der Waals surface area contributed by atoms with E-state index >= 15 is 0 Å². The monoisotopic (exact) mass is 410 g/mol. The molecule has 1 N–H and O–H groups in total. The molecular weight excluding hydrogens is 388 g/mol. The standard InChI is InChI=1S/C21H22N4O3S/c1-12(2)20-23-24-21(25(20)3)29-11-19(26)22-15-10-17-14(9-18(15)27-4)13-7-5-6-8-16(13)28-17/h5-10,12H,11H2,1-4H3,(H,22,26). The number of methoxy groups -OCH3 is 1. The zero-order valence-electron chi connectivity index (χ0n) is 16.7. The SMILES string of the molecule is COc1cc2c(cc1NC(=O)CSc1nnc(C(C)C)n1C)oc1ccccc12. The Bertz CT molecular complexity index is 1200. The Morgan fingerprint density at radius 1 is 1.21 bits per heavy atom. The van der Waals surface area contributed by atoms with E-state index in [0.717, 1.165) is 22.2 Å². The molecule has 2 aromatic carbocycles. The van der Waals surface area contributed by atoms with Crippen LogP contribution in [-0.4, -0.2) is 33.5 Å². The lowest BCUT2D eigenvalue weighted by molar-refractivity contribution is -0.113. The fourth-order valence-electron chi connectivity index (χ4n) is 3.29. The summed E-state index contributed by atoms with van der Waals surface area (Å²) in [5, 5.41) is 13.9. The largest absolute Gasteiger partial charge is 0.495 e. The molecule has 0 spiro atoms. The fourth-order valence-corrected chi connectivity index (χ4v) is 4.01. The Kier molecular flexibility index (Phi) is 5.19. The van der Waals surface area contributed by atoms with Crippen molar-refractivity contribution in [1.29, 1.82) is 0 Å². The highest BCUT2D eigenvalue weighted by molar-refractivity contribution is 7.99. The molecule has 4 aromatic rings. The van der Waals surface area contributed by atoms with Gasteiger partial charge in [0.25, 0.3) is 0 Å². The van der Waals surface area contributed by atoms with Gasteiger partial charge in [-0.2, -0.15) is 0 Å². The molecule has 0 saturated carbocycles. The number of thioether (sulfide) groups is 1. The summed E-state index contributed by atoms with van der Waals surface area (Å²) in [4.78, 5) is 12.5. The summed E-state index contributed by atoms with van der Waals surface area (Å²) >= 11 is 1.35. The molecule has 0 unspecified atom stereocenters. The van der Waals surface area contributed by atoms with Gasteiger partial charge in [0.05, 0.1) is 18.6 Å². The maximum absolute atomic E-state index is 12.5. The lowest BCUT2D eigenvalue weighted by Crippen LogP contribution is -2.15. The first-order valence-corrected chi connectivity index (χ1v) is 10.3. The van der Waals surface area contributed by atoms with Crippen LogP contribution in [0.3, 0.4) is 0 Å². The number of benzene rings is 2. The van der Waals surface area contributed by atoms with Gasteiger partial charge in [-0.05, 0) is 12.1 Å². The molecule has 0 aliphatic rings. The van der Waals surface area contributed by atoms with Crippen molar-refractivity contribution in [2.75, 3.05) is 18.2 Å². The van der Waals surface area contributed by atoms with Crippen LogP contribution in [0.5, 0.6) is 5.75 Å². The molecular formula is C21H22N4O3S. The quantitative estimate of drug-likeness (QED) is 0.469. The van der Waals surface area contributed by atoms with Gasteiger partial charge in [-0.15, -0.1) is 10.2 Å². The minimum atomic E-state index is -0.155. The van der Waals surface area contributed by atoms with Crippen LogP contribution in [0.15, 0.2) is 46.0 Å². The van der Waals surface area contributed by atoms with E-state index in [1.807, 2.05) is 41.9 Å². The Hall–Kier alpha value is -3.00. The number of aromatic nitrogens is 3. The summed E-state index contributed by atoms with van der Waals surface area (Å²) in [5.41, 5.74) is 2.07. The molecule has 0 radical (unpaired) electrons. The number of carbonyl (C=O) groups excluding carboxylic acids is 1. The number of para-hydroxylation sites is 1. The second-order valence-electron chi connectivity index (χ2n) is 7.04. The molecule has 2 aromatic heterocycles. The highest BCUT2D eigenvalue weighted by Crippen LogP contribution is 2.36. The van der Waals surface area contributed by atoms with Gasteiger partial charge in [-0.1, -0.05) is 43.8 Å². The first-order chi connectivity index (χ1) is 14.0. The molecule has 0 saturated heterocycles. The van der Waals surface area contributed by atoms with Crippen molar-refractivity contribution >= 4 is 45.3 Å². The second-order valence-corrected chi connectivity index (χ2v) is 7.98. The minimum Gasteiger partial charge on any atom is -0.495 e. The van der Waals surface area contributed by atoms with Crippen molar-refractivity contribution in [2.45, 2.75) is 24.9 Å². The molecule has 150 valence electrons. The maximum atomic E-state index is 12.5. The smallest absolute Gasteiger partial charge is 0.234 e. The molecule has 0 fully saturated rings. The first-order valence-electron chi connectivity index (χ1n) is 9.29. The topological polar surface area (TPSA) is 82.2 Å². The van der Waals surface area contributed by atoms with E-state index in [4.69, 9.17) is 9.15 Å². The van der Waals surface area contributed by atoms with Crippen LogP contribution in [-0.2, 0) is 11.8 Å². The Balaban J connectivity index is 1.53. The van der Waals surface area contributed by atoms with Crippen LogP contribution in [0, 0.1) is 0 Å². The fraction of sp³-hybridized carbons (Fsp3) is 0.286. The van der Waals surface area contributed by atoms with Gasteiger partial charge in [0, 0.05) is 29.8 Å². The van der Waals surface area contributed by atoms with Crippen molar-refractivity contribution < 1.29 is 13.9 Å². The van der Waals surface area contributed by atoms with Crippen LogP contribution in [0.2, 0.25) is 0 Å². The van der Waals surface area contributed by atoms with Crippen LogP contribution in [0.25, 0.3) is 21.9 Å². The average molecular weight is 410 g/mol.